The standard InChI is InChI=1S/C13H16ClNO4/c1-2-8(5-12(17)18)7-15-13(19)9-3-4-11(16)10(14)6-9/h3-4,6,8,16H,2,5,7H2,1H3,(H,15,19)(H,17,18). The maximum Gasteiger partial charge on any atom is 0.303 e. The Morgan fingerprint density at radius 1 is 1.42 bits per heavy atom. The molecule has 0 aromatic heterocycles. The summed E-state index contributed by atoms with van der Waals surface area (Å²) in [5, 5.41) is 20.7. The van der Waals surface area contributed by atoms with Gasteiger partial charge in [-0.25, -0.2) is 0 Å². The normalized spacial score (nSPS) is 11.9. The number of carbonyl (C=O) groups excluding carboxylic acids is 1. The van der Waals surface area contributed by atoms with Crippen LogP contribution in [0.5, 0.6) is 5.75 Å². The summed E-state index contributed by atoms with van der Waals surface area (Å²) in [6.07, 6.45) is 0.691. The quantitative estimate of drug-likeness (QED) is 0.748. The highest BCUT2D eigenvalue weighted by molar-refractivity contribution is 6.32. The number of phenolic OH excluding ortho intramolecular Hbond substituents is 1. The van der Waals surface area contributed by atoms with E-state index < -0.39 is 5.97 Å². The number of phenols is 1. The summed E-state index contributed by atoms with van der Waals surface area (Å²) in [4.78, 5) is 22.4. The summed E-state index contributed by atoms with van der Waals surface area (Å²) in [5.74, 6) is -1.41. The van der Waals surface area contributed by atoms with Crippen LogP contribution < -0.4 is 5.32 Å². The number of aromatic hydroxyl groups is 1. The Morgan fingerprint density at radius 2 is 2.11 bits per heavy atom. The van der Waals surface area contributed by atoms with E-state index in [2.05, 4.69) is 5.32 Å². The monoisotopic (exact) mass is 285 g/mol. The Kier molecular flexibility index (Phi) is 5.63. The van der Waals surface area contributed by atoms with Gasteiger partial charge in [-0.15, -0.1) is 0 Å². The second kappa shape index (κ2) is 6.99. The van der Waals surface area contributed by atoms with Gasteiger partial charge in [-0.1, -0.05) is 24.9 Å². The predicted octanol–water partition coefficient (Wildman–Crippen LogP) is 2.28. The maximum atomic E-state index is 11.8. The second-order valence-corrected chi connectivity index (χ2v) is 4.66. The fourth-order valence-corrected chi connectivity index (χ4v) is 1.78. The SMILES string of the molecule is CCC(CNC(=O)c1ccc(O)c(Cl)c1)CC(=O)O. The van der Waals surface area contributed by atoms with Gasteiger partial charge in [0, 0.05) is 18.5 Å². The van der Waals surface area contributed by atoms with Gasteiger partial charge in [0.05, 0.1) is 5.02 Å². The van der Waals surface area contributed by atoms with Gasteiger partial charge >= 0.3 is 5.97 Å². The molecule has 0 aliphatic heterocycles. The number of benzene rings is 1. The molecule has 0 heterocycles. The largest absolute Gasteiger partial charge is 0.506 e. The van der Waals surface area contributed by atoms with E-state index in [1.807, 2.05) is 6.92 Å². The third-order valence-electron chi connectivity index (χ3n) is 2.80. The average Bonchev–Trinajstić information content (AvgIpc) is 2.36. The molecule has 5 nitrogen and oxygen atoms in total. The zero-order valence-corrected chi connectivity index (χ0v) is 11.3. The second-order valence-electron chi connectivity index (χ2n) is 4.25. The molecule has 1 amide bonds. The molecule has 1 atom stereocenters. The highest BCUT2D eigenvalue weighted by Gasteiger charge is 2.14. The molecule has 0 aliphatic carbocycles. The van der Waals surface area contributed by atoms with Crippen molar-refractivity contribution in [1.29, 1.82) is 0 Å². The third kappa shape index (κ3) is 4.79. The van der Waals surface area contributed by atoms with Crippen LogP contribution in [0.1, 0.15) is 30.1 Å². The van der Waals surface area contributed by atoms with Crippen LogP contribution >= 0.6 is 11.6 Å². The Balaban J connectivity index is 2.59. The molecule has 0 saturated heterocycles. The molecular weight excluding hydrogens is 270 g/mol. The smallest absolute Gasteiger partial charge is 0.303 e. The molecule has 1 aromatic rings. The fourth-order valence-electron chi connectivity index (χ4n) is 1.60. The lowest BCUT2D eigenvalue weighted by atomic mass is 10.0. The van der Waals surface area contributed by atoms with Crippen LogP contribution in [-0.4, -0.2) is 28.6 Å². The van der Waals surface area contributed by atoms with Crippen LogP contribution in [0.4, 0.5) is 0 Å². The Labute approximate surface area is 116 Å². The topological polar surface area (TPSA) is 86.6 Å². The first-order chi connectivity index (χ1) is 8.93. The molecule has 1 aromatic carbocycles. The first kappa shape index (κ1) is 15.3. The summed E-state index contributed by atoms with van der Waals surface area (Å²) < 4.78 is 0. The molecule has 0 fully saturated rings. The number of carboxylic acid groups (broad SMARTS) is 1. The van der Waals surface area contributed by atoms with E-state index in [1.54, 1.807) is 0 Å². The van der Waals surface area contributed by atoms with E-state index in [-0.39, 0.29) is 29.0 Å². The minimum Gasteiger partial charge on any atom is -0.506 e. The van der Waals surface area contributed by atoms with Crippen molar-refractivity contribution in [3.63, 3.8) is 0 Å². The zero-order chi connectivity index (χ0) is 14.4. The fraction of sp³-hybridized carbons (Fsp3) is 0.385. The van der Waals surface area contributed by atoms with Crippen LogP contribution in [0, 0.1) is 5.92 Å². The van der Waals surface area contributed by atoms with Crippen molar-refractivity contribution in [2.75, 3.05) is 6.54 Å². The van der Waals surface area contributed by atoms with Gasteiger partial charge in [0.1, 0.15) is 5.75 Å². The molecule has 0 bridgehead atoms. The van der Waals surface area contributed by atoms with Gasteiger partial charge in [0.2, 0.25) is 0 Å². The maximum absolute atomic E-state index is 11.8. The number of amides is 1. The van der Waals surface area contributed by atoms with E-state index in [0.29, 0.717) is 18.5 Å². The zero-order valence-electron chi connectivity index (χ0n) is 10.5. The van der Waals surface area contributed by atoms with Crippen molar-refractivity contribution in [3.8, 4) is 5.75 Å². The lowest BCUT2D eigenvalue weighted by molar-refractivity contribution is -0.138. The molecule has 104 valence electrons. The molecule has 0 saturated carbocycles. The number of carbonyl (C=O) groups is 2. The Morgan fingerprint density at radius 3 is 2.63 bits per heavy atom. The molecule has 0 spiro atoms. The predicted molar refractivity (Wildman–Crippen MR) is 71.5 cm³/mol. The van der Waals surface area contributed by atoms with E-state index in [4.69, 9.17) is 16.7 Å². The van der Waals surface area contributed by atoms with Gasteiger partial charge in [-0.05, 0) is 24.1 Å². The highest BCUT2D eigenvalue weighted by atomic mass is 35.5. The van der Waals surface area contributed by atoms with E-state index >= 15 is 0 Å². The number of hydrogen-bond acceptors (Lipinski definition) is 3. The minimum absolute atomic E-state index is 0.0209. The number of rotatable bonds is 6. The van der Waals surface area contributed by atoms with Gasteiger partial charge in [0.25, 0.3) is 5.91 Å². The third-order valence-corrected chi connectivity index (χ3v) is 3.10. The van der Waals surface area contributed by atoms with Crippen molar-refractivity contribution in [3.05, 3.63) is 28.8 Å². The molecule has 1 unspecified atom stereocenters. The summed E-state index contributed by atoms with van der Waals surface area (Å²) in [7, 11) is 0. The van der Waals surface area contributed by atoms with Crippen LogP contribution in [0.25, 0.3) is 0 Å². The highest BCUT2D eigenvalue weighted by Crippen LogP contribution is 2.23. The summed E-state index contributed by atoms with van der Waals surface area (Å²) in [6.45, 7) is 2.16. The van der Waals surface area contributed by atoms with Gasteiger partial charge in [-0.3, -0.25) is 9.59 Å². The lowest BCUT2D eigenvalue weighted by Crippen LogP contribution is -2.30. The van der Waals surface area contributed by atoms with Gasteiger partial charge in [-0.2, -0.15) is 0 Å². The van der Waals surface area contributed by atoms with Crippen molar-refractivity contribution >= 4 is 23.5 Å². The number of hydrogen-bond donors (Lipinski definition) is 3. The summed E-state index contributed by atoms with van der Waals surface area (Å²) >= 11 is 5.71. The minimum atomic E-state index is -0.881. The lowest BCUT2D eigenvalue weighted by Gasteiger charge is -2.13. The van der Waals surface area contributed by atoms with Gasteiger partial charge in [0.15, 0.2) is 0 Å². The van der Waals surface area contributed by atoms with Crippen molar-refractivity contribution < 1.29 is 19.8 Å². The number of halogens is 1. The average molecular weight is 286 g/mol. The van der Waals surface area contributed by atoms with Crippen LogP contribution in [0.15, 0.2) is 18.2 Å². The van der Waals surface area contributed by atoms with Crippen LogP contribution in [0.2, 0.25) is 5.02 Å². The summed E-state index contributed by atoms with van der Waals surface area (Å²) in [6, 6.07) is 4.16. The number of aliphatic carboxylic acids is 1. The van der Waals surface area contributed by atoms with Crippen molar-refractivity contribution in [2.24, 2.45) is 5.92 Å². The first-order valence-electron chi connectivity index (χ1n) is 5.92. The molecule has 6 heteroatoms. The van der Waals surface area contributed by atoms with Crippen LogP contribution in [0.3, 0.4) is 0 Å². The van der Waals surface area contributed by atoms with E-state index in [0.717, 1.165) is 0 Å². The Bertz CT molecular complexity index is 476. The molecule has 1 rings (SSSR count). The van der Waals surface area contributed by atoms with Crippen molar-refractivity contribution in [1.82, 2.24) is 5.32 Å². The molecular formula is C13H16ClNO4. The molecule has 0 aliphatic rings. The first-order valence-corrected chi connectivity index (χ1v) is 6.30. The van der Waals surface area contributed by atoms with Crippen molar-refractivity contribution in [2.45, 2.75) is 19.8 Å². The van der Waals surface area contributed by atoms with E-state index in [1.165, 1.54) is 18.2 Å². The molecule has 0 radical (unpaired) electrons. The molecule has 3 N–H and O–H groups in total. The number of carboxylic acids is 1. The van der Waals surface area contributed by atoms with E-state index in [9.17, 15) is 14.7 Å². The van der Waals surface area contributed by atoms with Gasteiger partial charge < -0.3 is 15.5 Å². The Hall–Kier alpha value is -1.75. The van der Waals surface area contributed by atoms with Crippen LogP contribution in [-0.2, 0) is 4.79 Å². The molecule has 19 heavy (non-hydrogen) atoms. The number of nitrogens with one attached hydrogen (secondary N) is 1. The summed E-state index contributed by atoms with van der Waals surface area (Å²) in [5.41, 5.74) is 0.327.